The number of allylic oxidation sites excluding steroid dienone is 2. The lowest BCUT2D eigenvalue weighted by Crippen LogP contribution is -2.34. The molecule has 0 radical (unpaired) electrons. The lowest BCUT2D eigenvalue weighted by molar-refractivity contribution is -0.116. The first-order valence-corrected chi connectivity index (χ1v) is 6.28. The Bertz CT molecular complexity index is 290. The summed E-state index contributed by atoms with van der Waals surface area (Å²) in [5.41, 5.74) is 0.349. The van der Waals surface area contributed by atoms with Crippen LogP contribution in [0.25, 0.3) is 0 Å². The second-order valence-electron chi connectivity index (χ2n) is 5.74. The lowest BCUT2D eigenvalue weighted by Gasteiger charge is -2.40. The standard InChI is InChI=1S/C14H22O/c1-10(2)13-5-4-11(3)14(13)8-6-12(15)7-9-14/h6,8,10-11,13H,4-5,7,9H2,1-3H3/t11?,13-,14-/m1/s1. The number of hydrogen-bond donors (Lipinski definition) is 0. The van der Waals surface area contributed by atoms with Crippen LogP contribution in [0.3, 0.4) is 0 Å². The molecular formula is C14H22O. The highest BCUT2D eigenvalue weighted by Gasteiger charge is 2.47. The highest BCUT2D eigenvalue weighted by Crippen LogP contribution is 2.55. The van der Waals surface area contributed by atoms with E-state index >= 15 is 0 Å². The molecule has 2 rings (SSSR count). The van der Waals surface area contributed by atoms with Crippen molar-refractivity contribution in [2.24, 2.45) is 23.2 Å². The molecule has 1 nitrogen and oxygen atoms in total. The Morgan fingerprint density at radius 3 is 2.67 bits per heavy atom. The van der Waals surface area contributed by atoms with E-state index in [2.05, 4.69) is 26.8 Å². The van der Waals surface area contributed by atoms with Gasteiger partial charge in [0.05, 0.1) is 0 Å². The molecule has 0 saturated heterocycles. The van der Waals surface area contributed by atoms with Crippen LogP contribution >= 0.6 is 0 Å². The Morgan fingerprint density at radius 2 is 2.13 bits per heavy atom. The molecule has 0 aromatic carbocycles. The van der Waals surface area contributed by atoms with Crippen molar-refractivity contribution in [3.05, 3.63) is 12.2 Å². The van der Waals surface area contributed by atoms with Crippen LogP contribution in [0.4, 0.5) is 0 Å². The van der Waals surface area contributed by atoms with Gasteiger partial charge in [0.1, 0.15) is 0 Å². The molecule has 0 aliphatic heterocycles. The highest BCUT2D eigenvalue weighted by molar-refractivity contribution is 5.90. The normalized spacial score (nSPS) is 40.7. The van der Waals surface area contributed by atoms with Crippen LogP contribution in [-0.4, -0.2) is 5.78 Å². The predicted octanol–water partition coefficient (Wildman–Crippen LogP) is 3.59. The number of hydrogen-bond acceptors (Lipinski definition) is 1. The fourth-order valence-electron chi connectivity index (χ4n) is 3.76. The van der Waals surface area contributed by atoms with Crippen LogP contribution in [0, 0.1) is 23.2 Å². The molecule has 0 heterocycles. The molecule has 1 spiro atoms. The van der Waals surface area contributed by atoms with Crippen LogP contribution in [0.2, 0.25) is 0 Å². The summed E-state index contributed by atoms with van der Waals surface area (Å²) in [6, 6.07) is 0. The van der Waals surface area contributed by atoms with Gasteiger partial charge >= 0.3 is 0 Å². The molecule has 0 aromatic rings. The zero-order valence-corrected chi connectivity index (χ0v) is 10.1. The average molecular weight is 206 g/mol. The highest BCUT2D eigenvalue weighted by atomic mass is 16.1. The summed E-state index contributed by atoms with van der Waals surface area (Å²) in [7, 11) is 0. The first-order chi connectivity index (χ1) is 7.06. The number of ketones is 1. The van der Waals surface area contributed by atoms with Crippen molar-refractivity contribution in [2.75, 3.05) is 0 Å². The Hall–Kier alpha value is -0.590. The summed E-state index contributed by atoms with van der Waals surface area (Å²) in [6.07, 6.45) is 8.64. The third kappa shape index (κ3) is 1.66. The third-order valence-electron chi connectivity index (χ3n) is 4.71. The minimum atomic E-state index is 0.322. The van der Waals surface area contributed by atoms with Crippen molar-refractivity contribution in [2.45, 2.75) is 46.5 Å². The molecule has 0 aromatic heterocycles. The molecule has 3 atom stereocenters. The van der Waals surface area contributed by atoms with E-state index in [1.54, 1.807) is 0 Å². The van der Waals surface area contributed by atoms with Gasteiger partial charge in [-0.25, -0.2) is 0 Å². The Balaban J connectivity index is 2.30. The van der Waals surface area contributed by atoms with E-state index in [1.807, 2.05) is 6.08 Å². The van der Waals surface area contributed by atoms with Crippen molar-refractivity contribution < 1.29 is 4.79 Å². The minimum Gasteiger partial charge on any atom is -0.295 e. The van der Waals surface area contributed by atoms with E-state index in [1.165, 1.54) is 12.8 Å². The molecule has 1 saturated carbocycles. The van der Waals surface area contributed by atoms with Crippen LogP contribution < -0.4 is 0 Å². The first kappa shape index (κ1) is 10.9. The van der Waals surface area contributed by atoms with Gasteiger partial charge in [-0.2, -0.15) is 0 Å². The third-order valence-corrected chi connectivity index (χ3v) is 4.71. The van der Waals surface area contributed by atoms with Crippen molar-refractivity contribution in [1.82, 2.24) is 0 Å². The fraction of sp³-hybridized carbons (Fsp3) is 0.786. The SMILES string of the molecule is CC(C)[C@H]1CCC(C)[C@]12C=CC(=O)CC2. The van der Waals surface area contributed by atoms with E-state index in [-0.39, 0.29) is 0 Å². The number of carbonyl (C=O) groups is 1. The molecule has 0 N–H and O–H groups in total. The van der Waals surface area contributed by atoms with E-state index in [0.717, 1.165) is 30.6 Å². The van der Waals surface area contributed by atoms with Gasteiger partial charge in [-0.15, -0.1) is 0 Å². The second-order valence-corrected chi connectivity index (χ2v) is 5.74. The maximum absolute atomic E-state index is 11.3. The maximum atomic E-state index is 11.3. The Kier molecular flexibility index (Phi) is 2.74. The molecular weight excluding hydrogens is 184 g/mol. The van der Waals surface area contributed by atoms with E-state index in [0.29, 0.717) is 11.2 Å². The van der Waals surface area contributed by atoms with Gasteiger partial charge < -0.3 is 0 Å². The molecule has 1 fully saturated rings. The number of rotatable bonds is 1. The average Bonchev–Trinajstić information content (AvgIpc) is 2.50. The molecule has 0 amide bonds. The lowest BCUT2D eigenvalue weighted by atomic mass is 9.64. The molecule has 84 valence electrons. The summed E-state index contributed by atoms with van der Waals surface area (Å²) in [5, 5.41) is 0. The summed E-state index contributed by atoms with van der Waals surface area (Å²) in [5.74, 6) is 2.61. The van der Waals surface area contributed by atoms with Gasteiger partial charge in [-0.3, -0.25) is 4.79 Å². The first-order valence-electron chi connectivity index (χ1n) is 6.28. The monoisotopic (exact) mass is 206 g/mol. The van der Waals surface area contributed by atoms with Crippen molar-refractivity contribution in [3.63, 3.8) is 0 Å². The molecule has 15 heavy (non-hydrogen) atoms. The molecule has 0 bridgehead atoms. The quantitative estimate of drug-likeness (QED) is 0.640. The summed E-state index contributed by atoms with van der Waals surface area (Å²) >= 11 is 0. The topological polar surface area (TPSA) is 17.1 Å². The summed E-state index contributed by atoms with van der Waals surface area (Å²) in [4.78, 5) is 11.3. The Morgan fingerprint density at radius 1 is 1.40 bits per heavy atom. The molecule has 1 heteroatoms. The van der Waals surface area contributed by atoms with Crippen molar-refractivity contribution >= 4 is 5.78 Å². The minimum absolute atomic E-state index is 0.322. The zero-order valence-electron chi connectivity index (χ0n) is 10.1. The predicted molar refractivity (Wildman–Crippen MR) is 62.5 cm³/mol. The van der Waals surface area contributed by atoms with Gasteiger partial charge in [0.15, 0.2) is 5.78 Å². The van der Waals surface area contributed by atoms with Gasteiger partial charge in [-0.1, -0.05) is 26.8 Å². The van der Waals surface area contributed by atoms with Crippen LogP contribution in [-0.2, 0) is 4.79 Å². The van der Waals surface area contributed by atoms with Gasteiger partial charge in [0.2, 0.25) is 0 Å². The summed E-state index contributed by atoms with van der Waals surface area (Å²) in [6.45, 7) is 7.02. The van der Waals surface area contributed by atoms with Crippen molar-refractivity contribution in [3.8, 4) is 0 Å². The van der Waals surface area contributed by atoms with Crippen LogP contribution in [0.5, 0.6) is 0 Å². The zero-order chi connectivity index (χ0) is 11.1. The number of carbonyl (C=O) groups excluding carboxylic acids is 1. The smallest absolute Gasteiger partial charge is 0.155 e. The van der Waals surface area contributed by atoms with E-state index < -0.39 is 0 Å². The fourth-order valence-corrected chi connectivity index (χ4v) is 3.76. The Labute approximate surface area is 92.9 Å². The molecule has 2 aliphatic carbocycles. The van der Waals surface area contributed by atoms with Gasteiger partial charge in [-0.05, 0) is 48.5 Å². The maximum Gasteiger partial charge on any atom is 0.155 e. The van der Waals surface area contributed by atoms with E-state index in [9.17, 15) is 4.79 Å². The largest absolute Gasteiger partial charge is 0.295 e. The second kappa shape index (κ2) is 3.77. The molecule has 1 unspecified atom stereocenters. The summed E-state index contributed by atoms with van der Waals surface area (Å²) < 4.78 is 0. The molecule has 2 aliphatic rings. The van der Waals surface area contributed by atoms with E-state index in [4.69, 9.17) is 0 Å². The van der Waals surface area contributed by atoms with Crippen molar-refractivity contribution in [1.29, 1.82) is 0 Å². The van der Waals surface area contributed by atoms with Crippen LogP contribution in [0.15, 0.2) is 12.2 Å². The van der Waals surface area contributed by atoms with Gasteiger partial charge in [0.25, 0.3) is 0 Å². The van der Waals surface area contributed by atoms with Crippen LogP contribution in [0.1, 0.15) is 46.5 Å². The van der Waals surface area contributed by atoms with Gasteiger partial charge in [0, 0.05) is 6.42 Å².